The van der Waals surface area contributed by atoms with Gasteiger partial charge in [0.05, 0.1) is 0 Å². The van der Waals surface area contributed by atoms with Crippen molar-refractivity contribution in [3.8, 4) is 0 Å². The van der Waals surface area contributed by atoms with Crippen LogP contribution >= 0.6 is 0 Å². The van der Waals surface area contributed by atoms with E-state index >= 15 is 0 Å². The van der Waals surface area contributed by atoms with Crippen LogP contribution in [0.3, 0.4) is 0 Å². The average molecular weight is 257 g/mol. The Kier molecular flexibility index (Phi) is 2.34. The lowest BCUT2D eigenvalue weighted by molar-refractivity contribution is 0.0939. The second kappa shape index (κ2) is 3.95. The Hall–Kier alpha value is -1.58. The van der Waals surface area contributed by atoms with E-state index < -0.39 is 0 Å². The summed E-state index contributed by atoms with van der Waals surface area (Å²) in [6, 6.07) is 4.10. The molecule has 3 saturated carbocycles. The molecule has 0 aliphatic heterocycles. The van der Waals surface area contributed by atoms with Crippen molar-refractivity contribution in [1.29, 1.82) is 0 Å². The van der Waals surface area contributed by atoms with Crippen LogP contribution in [0.25, 0.3) is 0 Å². The van der Waals surface area contributed by atoms with Crippen LogP contribution in [-0.4, -0.2) is 24.0 Å². The molecule has 3 fully saturated rings. The Bertz CT molecular complexity index is 514. The monoisotopic (exact) mass is 257 g/mol. The van der Waals surface area contributed by atoms with Gasteiger partial charge in [-0.25, -0.2) is 0 Å². The minimum Gasteiger partial charge on any atom is -0.388 e. The Labute approximate surface area is 113 Å². The van der Waals surface area contributed by atoms with E-state index in [-0.39, 0.29) is 5.91 Å². The van der Waals surface area contributed by atoms with E-state index in [2.05, 4.69) is 15.6 Å². The molecule has 2 bridgehead atoms. The third kappa shape index (κ3) is 1.66. The standard InChI is InChI=1S/C15H19N3O/c1-16-10-4-5-17-11(7-10)15(19)18-14-12-8-2-3-9(6-8)13(12)14/h4-5,7-9,12-14H,2-3,6H2,1H3,(H,16,17)(H,18,19). The molecule has 4 unspecified atom stereocenters. The molecule has 3 aliphatic carbocycles. The second-order valence-corrected chi connectivity index (χ2v) is 6.17. The molecule has 4 heteroatoms. The minimum atomic E-state index is -0.0177. The molecule has 1 aromatic rings. The van der Waals surface area contributed by atoms with Crippen molar-refractivity contribution in [3.05, 3.63) is 24.0 Å². The Morgan fingerprint density at radius 1 is 1.32 bits per heavy atom. The number of pyridine rings is 1. The van der Waals surface area contributed by atoms with Crippen molar-refractivity contribution in [2.75, 3.05) is 12.4 Å². The van der Waals surface area contributed by atoms with Crippen molar-refractivity contribution >= 4 is 11.6 Å². The number of fused-ring (bicyclic) bond motifs is 5. The predicted octanol–water partition coefficient (Wildman–Crippen LogP) is 1.90. The third-order valence-corrected chi connectivity index (χ3v) is 5.31. The van der Waals surface area contributed by atoms with Gasteiger partial charge in [-0.1, -0.05) is 0 Å². The highest BCUT2D eigenvalue weighted by molar-refractivity contribution is 5.93. The number of nitrogens with zero attached hydrogens (tertiary/aromatic N) is 1. The number of amides is 1. The van der Waals surface area contributed by atoms with Gasteiger partial charge < -0.3 is 10.6 Å². The van der Waals surface area contributed by atoms with Gasteiger partial charge in [0.15, 0.2) is 0 Å². The Morgan fingerprint density at radius 3 is 2.74 bits per heavy atom. The van der Waals surface area contributed by atoms with Gasteiger partial charge in [0, 0.05) is 25.0 Å². The van der Waals surface area contributed by atoms with E-state index in [4.69, 9.17) is 0 Å². The highest BCUT2D eigenvalue weighted by Crippen LogP contribution is 2.65. The molecule has 2 N–H and O–H groups in total. The molecular formula is C15H19N3O. The van der Waals surface area contributed by atoms with Gasteiger partial charge in [0.2, 0.25) is 0 Å². The number of anilines is 1. The fourth-order valence-electron chi connectivity index (χ4n) is 4.45. The highest BCUT2D eigenvalue weighted by atomic mass is 16.2. The van der Waals surface area contributed by atoms with Crippen LogP contribution in [0.15, 0.2) is 18.3 Å². The lowest BCUT2D eigenvalue weighted by Crippen LogP contribution is -2.30. The zero-order valence-corrected chi connectivity index (χ0v) is 11.1. The van der Waals surface area contributed by atoms with Gasteiger partial charge in [0.1, 0.15) is 5.69 Å². The van der Waals surface area contributed by atoms with Gasteiger partial charge >= 0.3 is 0 Å². The molecule has 0 saturated heterocycles. The fourth-order valence-corrected chi connectivity index (χ4v) is 4.45. The van der Waals surface area contributed by atoms with E-state index in [9.17, 15) is 4.79 Å². The summed E-state index contributed by atoms with van der Waals surface area (Å²) >= 11 is 0. The fraction of sp³-hybridized carbons (Fsp3) is 0.600. The van der Waals surface area contributed by atoms with Crippen molar-refractivity contribution in [1.82, 2.24) is 10.3 Å². The SMILES string of the molecule is CNc1ccnc(C(=O)NC2C3C4CCC(C4)C23)c1. The minimum absolute atomic E-state index is 0.0177. The maximum absolute atomic E-state index is 12.2. The van der Waals surface area contributed by atoms with Crippen molar-refractivity contribution in [2.45, 2.75) is 25.3 Å². The molecule has 3 aliphatic rings. The highest BCUT2D eigenvalue weighted by Gasteiger charge is 2.65. The summed E-state index contributed by atoms with van der Waals surface area (Å²) in [5, 5.41) is 6.23. The number of hydrogen-bond acceptors (Lipinski definition) is 3. The third-order valence-electron chi connectivity index (χ3n) is 5.31. The number of hydrogen-bond donors (Lipinski definition) is 2. The molecule has 100 valence electrons. The number of carbonyl (C=O) groups excluding carboxylic acids is 1. The van der Waals surface area contributed by atoms with Crippen LogP contribution in [0.1, 0.15) is 29.8 Å². The average Bonchev–Trinajstić information content (AvgIpc) is 2.85. The molecule has 4 atom stereocenters. The largest absolute Gasteiger partial charge is 0.388 e. The first-order valence-electron chi connectivity index (χ1n) is 7.22. The zero-order chi connectivity index (χ0) is 13.0. The molecule has 4 rings (SSSR count). The molecule has 0 aromatic carbocycles. The summed E-state index contributed by atoms with van der Waals surface area (Å²) in [4.78, 5) is 16.4. The first kappa shape index (κ1) is 11.3. The summed E-state index contributed by atoms with van der Waals surface area (Å²) < 4.78 is 0. The molecule has 1 aromatic heterocycles. The normalized spacial score (nSPS) is 37.8. The molecular weight excluding hydrogens is 238 g/mol. The van der Waals surface area contributed by atoms with Crippen molar-refractivity contribution in [2.24, 2.45) is 23.7 Å². The molecule has 4 nitrogen and oxygen atoms in total. The summed E-state index contributed by atoms with van der Waals surface area (Å²) in [6.07, 6.45) is 5.85. The van der Waals surface area contributed by atoms with E-state index in [0.717, 1.165) is 29.4 Å². The summed E-state index contributed by atoms with van der Waals surface area (Å²) in [5.74, 6) is 3.30. The quantitative estimate of drug-likeness (QED) is 0.869. The van der Waals surface area contributed by atoms with Gasteiger partial charge in [0.25, 0.3) is 5.91 Å². The number of carbonyl (C=O) groups is 1. The molecule has 1 heterocycles. The summed E-state index contributed by atoms with van der Waals surface area (Å²) in [7, 11) is 1.85. The molecule has 0 spiro atoms. The number of aromatic nitrogens is 1. The predicted molar refractivity (Wildman–Crippen MR) is 72.8 cm³/mol. The van der Waals surface area contributed by atoms with Crippen LogP contribution in [0.5, 0.6) is 0 Å². The lowest BCUT2D eigenvalue weighted by atomic mass is 10.0. The Morgan fingerprint density at radius 2 is 2.05 bits per heavy atom. The first-order chi connectivity index (χ1) is 9.28. The topological polar surface area (TPSA) is 54.0 Å². The van der Waals surface area contributed by atoms with Gasteiger partial charge in [-0.05, 0) is 55.1 Å². The van der Waals surface area contributed by atoms with Crippen LogP contribution < -0.4 is 10.6 Å². The second-order valence-electron chi connectivity index (χ2n) is 6.17. The summed E-state index contributed by atoms with van der Waals surface area (Å²) in [5.41, 5.74) is 1.44. The first-order valence-corrected chi connectivity index (χ1v) is 7.22. The van der Waals surface area contributed by atoms with Crippen molar-refractivity contribution < 1.29 is 4.79 Å². The Balaban J connectivity index is 1.45. The van der Waals surface area contributed by atoms with Crippen LogP contribution in [-0.2, 0) is 0 Å². The molecule has 19 heavy (non-hydrogen) atoms. The number of rotatable bonds is 3. The maximum Gasteiger partial charge on any atom is 0.270 e. The molecule has 1 amide bonds. The maximum atomic E-state index is 12.2. The van der Waals surface area contributed by atoms with Gasteiger partial charge in [-0.3, -0.25) is 9.78 Å². The zero-order valence-electron chi connectivity index (χ0n) is 11.1. The number of nitrogens with one attached hydrogen (secondary N) is 2. The van der Waals surface area contributed by atoms with E-state index in [1.807, 2.05) is 19.2 Å². The smallest absolute Gasteiger partial charge is 0.270 e. The van der Waals surface area contributed by atoms with Crippen LogP contribution in [0.4, 0.5) is 5.69 Å². The lowest BCUT2D eigenvalue weighted by Gasteiger charge is -2.10. The van der Waals surface area contributed by atoms with Gasteiger partial charge in [-0.15, -0.1) is 0 Å². The van der Waals surface area contributed by atoms with Gasteiger partial charge in [-0.2, -0.15) is 0 Å². The summed E-state index contributed by atoms with van der Waals surface area (Å²) in [6.45, 7) is 0. The van der Waals surface area contributed by atoms with E-state index in [1.165, 1.54) is 19.3 Å². The van der Waals surface area contributed by atoms with Crippen molar-refractivity contribution in [3.63, 3.8) is 0 Å². The van der Waals surface area contributed by atoms with E-state index in [1.54, 1.807) is 6.20 Å². The van der Waals surface area contributed by atoms with E-state index in [0.29, 0.717) is 11.7 Å². The van der Waals surface area contributed by atoms with Crippen LogP contribution in [0.2, 0.25) is 0 Å². The van der Waals surface area contributed by atoms with Crippen LogP contribution in [0, 0.1) is 23.7 Å². The molecule has 0 radical (unpaired) electrons.